The first-order valence-corrected chi connectivity index (χ1v) is 7.63. The smallest absolute Gasteiger partial charge is 0.222 e. The molecule has 1 aliphatic heterocycles. The molecule has 0 bridgehead atoms. The molecule has 0 aliphatic carbocycles. The summed E-state index contributed by atoms with van der Waals surface area (Å²) in [6.45, 7) is 10.4. The molecular formula is C15H28N2OS. The molecule has 3 nitrogen and oxygen atoms in total. The minimum atomic E-state index is -0.108. The van der Waals surface area contributed by atoms with Crippen LogP contribution >= 0.6 is 12.2 Å². The van der Waals surface area contributed by atoms with Gasteiger partial charge >= 0.3 is 0 Å². The molecule has 0 saturated carbocycles. The van der Waals surface area contributed by atoms with Gasteiger partial charge < -0.3 is 10.6 Å². The number of nitrogens with two attached hydrogens (primary N) is 1. The van der Waals surface area contributed by atoms with Gasteiger partial charge in [0.2, 0.25) is 5.91 Å². The van der Waals surface area contributed by atoms with Crippen LogP contribution in [0.25, 0.3) is 0 Å². The molecule has 19 heavy (non-hydrogen) atoms. The molecule has 0 aromatic rings. The van der Waals surface area contributed by atoms with E-state index in [1.807, 2.05) is 4.90 Å². The summed E-state index contributed by atoms with van der Waals surface area (Å²) < 4.78 is 0. The summed E-state index contributed by atoms with van der Waals surface area (Å²) >= 11 is 5.07. The zero-order chi connectivity index (χ0) is 14.7. The minimum Gasteiger partial charge on any atom is -0.393 e. The Morgan fingerprint density at radius 2 is 2.05 bits per heavy atom. The third-order valence-electron chi connectivity index (χ3n) is 4.32. The lowest BCUT2D eigenvalue weighted by atomic mass is 9.85. The number of amides is 1. The van der Waals surface area contributed by atoms with E-state index in [4.69, 9.17) is 18.0 Å². The lowest BCUT2D eigenvalue weighted by Gasteiger charge is -2.26. The predicted octanol–water partition coefficient (Wildman–Crippen LogP) is 3.12. The van der Waals surface area contributed by atoms with Crippen LogP contribution in [0.1, 0.15) is 59.8 Å². The number of thiocarbonyl (C=S) groups is 1. The monoisotopic (exact) mass is 284 g/mol. The van der Waals surface area contributed by atoms with Gasteiger partial charge in [-0.3, -0.25) is 4.79 Å². The van der Waals surface area contributed by atoms with Crippen molar-refractivity contribution < 1.29 is 4.79 Å². The van der Waals surface area contributed by atoms with Crippen LogP contribution in [-0.2, 0) is 4.79 Å². The highest BCUT2D eigenvalue weighted by atomic mass is 32.1. The van der Waals surface area contributed by atoms with Crippen LogP contribution in [0.2, 0.25) is 0 Å². The second-order valence-corrected chi connectivity index (χ2v) is 7.59. The van der Waals surface area contributed by atoms with Crippen molar-refractivity contribution in [2.24, 2.45) is 16.6 Å². The molecule has 0 radical (unpaired) electrons. The van der Waals surface area contributed by atoms with Gasteiger partial charge in [0, 0.05) is 24.9 Å². The van der Waals surface area contributed by atoms with Crippen LogP contribution in [0.5, 0.6) is 0 Å². The van der Waals surface area contributed by atoms with Crippen LogP contribution in [0.15, 0.2) is 0 Å². The number of hydrogen-bond acceptors (Lipinski definition) is 2. The van der Waals surface area contributed by atoms with Crippen molar-refractivity contribution >= 4 is 23.1 Å². The van der Waals surface area contributed by atoms with Crippen LogP contribution in [-0.4, -0.2) is 28.9 Å². The van der Waals surface area contributed by atoms with E-state index in [9.17, 15) is 4.79 Å². The Kier molecular flexibility index (Phi) is 5.36. The Morgan fingerprint density at radius 3 is 2.63 bits per heavy atom. The molecular weight excluding hydrogens is 256 g/mol. The van der Waals surface area contributed by atoms with E-state index < -0.39 is 0 Å². The van der Waals surface area contributed by atoms with Crippen LogP contribution in [0, 0.1) is 10.8 Å². The van der Waals surface area contributed by atoms with Gasteiger partial charge in [-0.1, -0.05) is 39.9 Å². The highest BCUT2D eigenvalue weighted by Gasteiger charge is 2.28. The maximum absolute atomic E-state index is 12.1. The third-order valence-corrected chi connectivity index (χ3v) is 4.88. The first-order valence-electron chi connectivity index (χ1n) is 7.22. The first-order chi connectivity index (χ1) is 8.64. The number of hydrogen-bond donors (Lipinski definition) is 1. The molecule has 1 amide bonds. The van der Waals surface area contributed by atoms with Gasteiger partial charge in [0.05, 0.1) is 4.99 Å². The molecule has 1 aliphatic rings. The average Bonchev–Trinajstić information content (AvgIpc) is 2.41. The van der Waals surface area contributed by atoms with Crippen molar-refractivity contribution in [3.8, 4) is 0 Å². The molecule has 1 saturated heterocycles. The molecule has 0 aromatic heterocycles. The largest absolute Gasteiger partial charge is 0.393 e. The van der Waals surface area contributed by atoms with Gasteiger partial charge in [-0.05, 0) is 31.1 Å². The summed E-state index contributed by atoms with van der Waals surface area (Å²) in [5.74, 6) is 0.304. The van der Waals surface area contributed by atoms with E-state index in [1.54, 1.807) is 0 Å². The topological polar surface area (TPSA) is 46.3 Å². The van der Waals surface area contributed by atoms with Gasteiger partial charge in [0.25, 0.3) is 0 Å². The SMILES string of the molecule is CC1(C)CCC(=O)N(CCCC(C)(C)C(N)=S)CC1. The van der Waals surface area contributed by atoms with Crippen molar-refractivity contribution in [2.45, 2.75) is 59.8 Å². The van der Waals surface area contributed by atoms with Crippen molar-refractivity contribution in [1.29, 1.82) is 0 Å². The lowest BCUT2D eigenvalue weighted by molar-refractivity contribution is -0.130. The maximum atomic E-state index is 12.1. The van der Waals surface area contributed by atoms with E-state index >= 15 is 0 Å². The van der Waals surface area contributed by atoms with E-state index in [0.717, 1.165) is 38.8 Å². The van der Waals surface area contributed by atoms with Gasteiger partial charge in [0.15, 0.2) is 0 Å². The van der Waals surface area contributed by atoms with E-state index in [0.29, 0.717) is 22.7 Å². The molecule has 1 heterocycles. The summed E-state index contributed by atoms with van der Waals surface area (Å²) in [5.41, 5.74) is 5.91. The fourth-order valence-corrected chi connectivity index (χ4v) is 2.46. The normalized spacial score (nSPS) is 20.2. The number of nitrogens with zero attached hydrogens (tertiary/aromatic N) is 1. The Hall–Kier alpha value is -0.640. The van der Waals surface area contributed by atoms with Gasteiger partial charge in [0.1, 0.15) is 0 Å². The quantitative estimate of drug-likeness (QED) is 0.789. The number of rotatable bonds is 5. The van der Waals surface area contributed by atoms with Crippen LogP contribution in [0.3, 0.4) is 0 Å². The molecule has 0 spiro atoms. The van der Waals surface area contributed by atoms with Gasteiger partial charge in [-0.15, -0.1) is 0 Å². The second-order valence-electron chi connectivity index (χ2n) is 7.15. The van der Waals surface area contributed by atoms with E-state index in [-0.39, 0.29) is 5.41 Å². The zero-order valence-electron chi connectivity index (χ0n) is 12.8. The highest BCUT2D eigenvalue weighted by Crippen LogP contribution is 2.30. The second kappa shape index (κ2) is 6.21. The van der Waals surface area contributed by atoms with E-state index in [1.165, 1.54) is 0 Å². The fourth-order valence-electron chi connectivity index (χ4n) is 2.36. The minimum absolute atomic E-state index is 0.108. The molecule has 0 unspecified atom stereocenters. The predicted molar refractivity (Wildman–Crippen MR) is 84.0 cm³/mol. The average molecular weight is 284 g/mol. The van der Waals surface area contributed by atoms with Crippen LogP contribution < -0.4 is 5.73 Å². The third kappa shape index (κ3) is 5.09. The standard InChI is InChI=1S/C15H28N2OS/c1-14(2)8-6-12(18)17(11-9-14)10-5-7-15(3,4)13(16)19/h5-11H2,1-4H3,(H2,16,19). The summed E-state index contributed by atoms with van der Waals surface area (Å²) in [6, 6.07) is 0. The van der Waals surface area contributed by atoms with Crippen molar-refractivity contribution in [3.05, 3.63) is 0 Å². The van der Waals surface area contributed by atoms with Gasteiger partial charge in [-0.25, -0.2) is 0 Å². The molecule has 0 atom stereocenters. The zero-order valence-corrected chi connectivity index (χ0v) is 13.6. The van der Waals surface area contributed by atoms with Crippen molar-refractivity contribution in [1.82, 2.24) is 4.90 Å². The Labute approximate surface area is 122 Å². The van der Waals surface area contributed by atoms with E-state index in [2.05, 4.69) is 27.7 Å². The summed E-state index contributed by atoms with van der Waals surface area (Å²) in [7, 11) is 0. The summed E-state index contributed by atoms with van der Waals surface area (Å²) in [4.78, 5) is 14.7. The van der Waals surface area contributed by atoms with Crippen molar-refractivity contribution in [2.75, 3.05) is 13.1 Å². The van der Waals surface area contributed by atoms with Crippen molar-refractivity contribution in [3.63, 3.8) is 0 Å². The highest BCUT2D eigenvalue weighted by molar-refractivity contribution is 7.80. The maximum Gasteiger partial charge on any atom is 0.222 e. The van der Waals surface area contributed by atoms with Crippen LogP contribution in [0.4, 0.5) is 0 Å². The Bertz CT molecular complexity index is 350. The molecule has 4 heteroatoms. The van der Waals surface area contributed by atoms with Gasteiger partial charge in [-0.2, -0.15) is 0 Å². The summed E-state index contributed by atoms with van der Waals surface area (Å²) in [6.07, 6.45) is 4.69. The lowest BCUT2D eigenvalue weighted by Crippen LogP contribution is -2.34. The fraction of sp³-hybridized carbons (Fsp3) is 0.867. The summed E-state index contributed by atoms with van der Waals surface area (Å²) in [5, 5.41) is 0. The molecule has 1 fully saturated rings. The number of carbonyl (C=O) groups is 1. The molecule has 1 rings (SSSR count). The Morgan fingerprint density at radius 1 is 1.42 bits per heavy atom. The Balaban J connectivity index is 2.44. The molecule has 0 aromatic carbocycles. The number of carbonyl (C=O) groups excluding carboxylic acids is 1. The first kappa shape index (κ1) is 16.4. The molecule has 110 valence electrons. The molecule has 2 N–H and O–H groups in total. The number of likely N-dealkylation sites (tertiary alicyclic amines) is 1.